The van der Waals surface area contributed by atoms with Crippen LogP contribution in [0.3, 0.4) is 0 Å². The molecule has 1 aromatic heterocycles. The zero-order valence-electron chi connectivity index (χ0n) is 12.2. The fraction of sp³-hybridized carbons (Fsp3) is 0.333. The average Bonchev–Trinajstić information content (AvgIpc) is 2.88. The second-order valence-corrected chi connectivity index (χ2v) is 5.18. The van der Waals surface area contributed by atoms with Crippen LogP contribution >= 0.6 is 11.6 Å². The Morgan fingerprint density at radius 3 is 2.86 bits per heavy atom. The van der Waals surface area contributed by atoms with Gasteiger partial charge in [0.2, 0.25) is 0 Å². The molecular formula is C15H19ClN4O. The van der Waals surface area contributed by atoms with Crippen molar-refractivity contribution in [3.63, 3.8) is 0 Å². The van der Waals surface area contributed by atoms with Crippen molar-refractivity contribution in [1.29, 1.82) is 0 Å². The van der Waals surface area contributed by atoms with Crippen molar-refractivity contribution in [2.24, 2.45) is 7.05 Å². The SMILES string of the molecule is CCCNc1ccc(Cl)cc1C(=O)NCc1ccnn1C. The number of amides is 1. The maximum atomic E-state index is 12.3. The van der Waals surface area contributed by atoms with E-state index in [4.69, 9.17) is 11.6 Å². The molecule has 0 aliphatic heterocycles. The fourth-order valence-electron chi connectivity index (χ4n) is 1.96. The van der Waals surface area contributed by atoms with Crippen LogP contribution in [0.25, 0.3) is 0 Å². The Balaban J connectivity index is 2.10. The minimum Gasteiger partial charge on any atom is -0.384 e. The number of nitrogens with one attached hydrogen (secondary N) is 2. The number of hydrogen-bond acceptors (Lipinski definition) is 3. The topological polar surface area (TPSA) is 59.0 Å². The van der Waals surface area contributed by atoms with Gasteiger partial charge in [-0.05, 0) is 30.7 Å². The van der Waals surface area contributed by atoms with E-state index < -0.39 is 0 Å². The highest BCUT2D eigenvalue weighted by atomic mass is 35.5. The maximum absolute atomic E-state index is 12.3. The van der Waals surface area contributed by atoms with Crippen LogP contribution in [0.1, 0.15) is 29.4 Å². The third kappa shape index (κ3) is 3.98. The summed E-state index contributed by atoms with van der Waals surface area (Å²) in [7, 11) is 1.84. The first-order chi connectivity index (χ1) is 10.1. The first kappa shape index (κ1) is 15.4. The molecule has 0 saturated heterocycles. The lowest BCUT2D eigenvalue weighted by atomic mass is 10.1. The zero-order valence-corrected chi connectivity index (χ0v) is 12.9. The Hall–Kier alpha value is -2.01. The molecule has 21 heavy (non-hydrogen) atoms. The number of aromatic nitrogens is 2. The normalized spacial score (nSPS) is 10.4. The van der Waals surface area contributed by atoms with E-state index in [1.807, 2.05) is 19.2 Å². The Bertz CT molecular complexity index is 624. The molecular weight excluding hydrogens is 288 g/mol. The van der Waals surface area contributed by atoms with E-state index >= 15 is 0 Å². The molecule has 0 radical (unpaired) electrons. The summed E-state index contributed by atoms with van der Waals surface area (Å²) in [5.74, 6) is -0.155. The second-order valence-electron chi connectivity index (χ2n) is 4.75. The van der Waals surface area contributed by atoms with Crippen LogP contribution in [0.2, 0.25) is 5.02 Å². The summed E-state index contributed by atoms with van der Waals surface area (Å²) in [6.45, 7) is 3.31. The molecule has 0 spiro atoms. The van der Waals surface area contributed by atoms with Crippen LogP contribution in [0, 0.1) is 0 Å². The summed E-state index contributed by atoms with van der Waals surface area (Å²) in [6.07, 6.45) is 2.69. The number of benzene rings is 1. The molecule has 0 atom stereocenters. The largest absolute Gasteiger partial charge is 0.384 e. The molecule has 0 aliphatic rings. The van der Waals surface area contributed by atoms with Gasteiger partial charge in [0, 0.05) is 30.5 Å². The van der Waals surface area contributed by atoms with Crippen LogP contribution < -0.4 is 10.6 Å². The molecule has 5 nitrogen and oxygen atoms in total. The summed E-state index contributed by atoms with van der Waals surface area (Å²) in [5, 5.41) is 10.7. The van der Waals surface area contributed by atoms with Gasteiger partial charge in [-0.1, -0.05) is 18.5 Å². The smallest absolute Gasteiger partial charge is 0.253 e. The van der Waals surface area contributed by atoms with E-state index in [9.17, 15) is 4.79 Å². The van der Waals surface area contributed by atoms with Gasteiger partial charge in [-0.2, -0.15) is 5.10 Å². The van der Waals surface area contributed by atoms with Crippen molar-refractivity contribution in [2.45, 2.75) is 19.9 Å². The van der Waals surface area contributed by atoms with Crippen LogP contribution in [0.4, 0.5) is 5.69 Å². The Labute approximate surface area is 129 Å². The highest BCUT2D eigenvalue weighted by Gasteiger charge is 2.12. The van der Waals surface area contributed by atoms with Gasteiger partial charge in [-0.3, -0.25) is 9.48 Å². The van der Waals surface area contributed by atoms with Gasteiger partial charge >= 0.3 is 0 Å². The maximum Gasteiger partial charge on any atom is 0.253 e. The minimum atomic E-state index is -0.155. The Kier molecular flexibility index (Phi) is 5.22. The number of aryl methyl sites for hydroxylation is 1. The molecule has 0 aliphatic carbocycles. The molecule has 112 valence electrons. The highest BCUT2D eigenvalue weighted by Crippen LogP contribution is 2.20. The van der Waals surface area contributed by atoms with Crippen molar-refractivity contribution in [2.75, 3.05) is 11.9 Å². The molecule has 0 saturated carbocycles. The van der Waals surface area contributed by atoms with Crippen molar-refractivity contribution in [1.82, 2.24) is 15.1 Å². The molecule has 0 fully saturated rings. The van der Waals surface area contributed by atoms with Gasteiger partial charge in [-0.25, -0.2) is 0 Å². The van der Waals surface area contributed by atoms with Crippen molar-refractivity contribution >= 4 is 23.2 Å². The predicted molar refractivity (Wildman–Crippen MR) is 84.6 cm³/mol. The molecule has 1 heterocycles. The minimum absolute atomic E-state index is 0.155. The van der Waals surface area contributed by atoms with Gasteiger partial charge in [0.1, 0.15) is 0 Å². The number of carbonyl (C=O) groups excluding carboxylic acids is 1. The highest BCUT2D eigenvalue weighted by molar-refractivity contribution is 6.31. The average molecular weight is 307 g/mol. The summed E-state index contributed by atoms with van der Waals surface area (Å²) < 4.78 is 1.73. The molecule has 1 amide bonds. The molecule has 2 rings (SSSR count). The Morgan fingerprint density at radius 2 is 2.19 bits per heavy atom. The summed E-state index contributed by atoms with van der Waals surface area (Å²) in [4.78, 5) is 12.3. The van der Waals surface area contributed by atoms with Gasteiger partial charge < -0.3 is 10.6 Å². The number of rotatable bonds is 6. The van der Waals surface area contributed by atoms with E-state index in [1.54, 1.807) is 23.0 Å². The van der Waals surface area contributed by atoms with E-state index in [2.05, 4.69) is 22.7 Å². The summed E-state index contributed by atoms with van der Waals surface area (Å²) in [5.41, 5.74) is 2.29. The number of hydrogen-bond donors (Lipinski definition) is 2. The molecule has 0 unspecified atom stereocenters. The lowest BCUT2D eigenvalue weighted by Crippen LogP contribution is -2.25. The van der Waals surface area contributed by atoms with Gasteiger partial charge in [0.05, 0.1) is 17.8 Å². The lowest BCUT2D eigenvalue weighted by molar-refractivity contribution is 0.0951. The molecule has 1 aromatic carbocycles. The van der Waals surface area contributed by atoms with Crippen LogP contribution in [-0.2, 0) is 13.6 Å². The van der Waals surface area contributed by atoms with Crippen molar-refractivity contribution < 1.29 is 4.79 Å². The van der Waals surface area contributed by atoms with Gasteiger partial charge in [0.25, 0.3) is 5.91 Å². The molecule has 6 heteroatoms. The quantitative estimate of drug-likeness (QED) is 0.863. The third-order valence-corrected chi connectivity index (χ3v) is 3.38. The lowest BCUT2D eigenvalue weighted by Gasteiger charge is -2.12. The second kappa shape index (κ2) is 7.13. The number of anilines is 1. The fourth-order valence-corrected chi connectivity index (χ4v) is 2.13. The Morgan fingerprint density at radius 1 is 1.38 bits per heavy atom. The number of halogens is 1. The van der Waals surface area contributed by atoms with Crippen molar-refractivity contribution in [3.05, 3.63) is 46.7 Å². The first-order valence-corrected chi connectivity index (χ1v) is 7.28. The number of carbonyl (C=O) groups is 1. The summed E-state index contributed by atoms with van der Waals surface area (Å²) >= 11 is 6.00. The number of nitrogens with zero attached hydrogens (tertiary/aromatic N) is 2. The van der Waals surface area contributed by atoms with Crippen molar-refractivity contribution in [3.8, 4) is 0 Å². The molecule has 0 bridgehead atoms. The van der Waals surface area contributed by atoms with E-state index in [-0.39, 0.29) is 5.91 Å². The predicted octanol–water partition coefficient (Wildman–Crippen LogP) is 2.83. The van der Waals surface area contributed by atoms with Gasteiger partial charge in [0.15, 0.2) is 0 Å². The van der Waals surface area contributed by atoms with Gasteiger partial charge in [-0.15, -0.1) is 0 Å². The standard InChI is InChI=1S/C15H19ClN4O/c1-3-7-17-14-5-4-11(16)9-13(14)15(21)18-10-12-6-8-19-20(12)2/h4-6,8-9,17H,3,7,10H2,1-2H3,(H,18,21). The molecule has 2 N–H and O–H groups in total. The zero-order chi connectivity index (χ0) is 15.2. The van der Waals surface area contributed by atoms with E-state index in [1.165, 1.54) is 0 Å². The van der Waals surface area contributed by atoms with Crippen LogP contribution in [-0.4, -0.2) is 22.2 Å². The summed E-state index contributed by atoms with van der Waals surface area (Å²) in [6, 6.07) is 7.15. The first-order valence-electron chi connectivity index (χ1n) is 6.90. The van der Waals surface area contributed by atoms with Crippen LogP contribution in [0.15, 0.2) is 30.5 Å². The van der Waals surface area contributed by atoms with E-state index in [0.29, 0.717) is 17.1 Å². The monoisotopic (exact) mass is 306 g/mol. The van der Waals surface area contributed by atoms with Crippen LogP contribution in [0.5, 0.6) is 0 Å². The molecule has 2 aromatic rings. The third-order valence-electron chi connectivity index (χ3n) is 3.14. The van der Waals surface area contributed by atoms with E-state index in [0.717, 1.165) is 24.3 Å².